The van der Waals surface area contributed by atoms with Gasteiger partial charge in [0.05, 0.1) is 29.0 Å². The van der Waals surface area contributed by atoms with Crippen molar-refractivity contribution in [2.45, 2.75) is 69.8 Å². The van der Waals surface area contributed by atoms with Crippen molar-refractivity contribution in [2.75, 3.05) is 25.2 Å². The molecule has 0 atom stereocenters. The average molecular weight is 502 g/mol. The molecule has 1 aliphatic heterocycles. The van der Waals surface area contributed by atoms with Crippen molar-refractivity contribution in [3.63, 3.8) is 0 Å². The molecule has 1 saturated heterocycles. The van der Waals surface area contributed by atoms with Gasteiger partial charge in [-0.3, -0.25) is 9.69 Å². The molecule has 1 aliphatic carbocycles. The Hall–Kier alpha value is -2.26. The number of hydrogen-bond donors (Lipinski definition) is 2. The van der Waals surface area contributed by atoms with Gasteiger partial charge in [0.2, 0.25) is 0 Å². The number of alkyl halides is 3. The molecule has 7 nitrogen and oxygen atoms in total. The number of benzene rings is 1. The summed E-state index contributed by atoms with van der Waals surface area (Å²) in [6, 6.07) is 4.72. The zero-order valence-corrected chi connectivity index (χ0v) is 20.2. The van der Waals surface area contributed by atoms with Crippen molar-refractivity contribution in [2.24, 2.45) is 0 Å². The zero-order valence-electron chi connectivity index (χ0n) is 19.4. The summed E-state index contributed by atoms with van der Waals surface area (Å²) in [5.41, 5.74) is -2.61. The Bertz CT molecular complexity index is 925. The molecule has 2 N–H and O–H groups in total. The summed E-state index contributed by atoms with van der Waals surface area (Å²) in [6.07, 6.45) is -1.06. The average Bonchev–Trinajstić information content (AvgIpc) is 2.98. The van der Waals surface area contributed by atoms with Gasteiger partial charge in [0.15, 0.2) is 5.11 Å². The number of rotatable bonds is 6. The van der Waals surface area contributed by atoms with E-state index in [-0.39, 0.29) is 29.6 Å². The summed E-state index contributed by atoms with van der Waals surface area (Å²) in [7, 11) is 1.00. The molecule has 0 radical (unpaired) electrons. The molecular formula is C23H30F3N3O4S. The van der Waals surface area contributed by atoms with Gasteiger partial charge in [0, 0.05) is 26.4 Å². The largest absolute Gasteiger partial charge is 0.417 e. The zero-order chi connectivity index (χ0) is 25.7. The minimum atomic E-state index is -4.73. The number of hydrogen-bond acceptors (Lipinski definition) is 6. The molecule has 0 spiro atoms. The van der Waals surface area contributed by atoms with Crippen LogP contribution in [0.1, 0.15) is 57.1 Å². The number of nitrogens with zero attached hydrogens (tertiary/aromatic N) is 3. The first kappa shape index (κ1) is 28.0. The fourth-order valence-electron chi connectivity index (χ4n) is 4.44. The van der Waals surface area contributed by atoms with E-state index in [9.17, 15) is 18.0 Å². The second-order valence-electron chi connectivity index (χ2n) is 8.57. The highest BCUT2D eigenvalue weighted by atomic mass is 32.1. The molecule has 1 aromatic carbocycles. The maximum Gasteiger partial charge on any atom is 0.417 e. The third kappa shape index (κ3) is 5.68. The van der Waals surface area contributed by atoms with Crippen LogP contribution in [0.15, 0.2) is 18.2 Å². The normalized spacial score (nSPS) is 22.3. The van der Waals surface area contributed by atoms with E-state index in [1.54, 1.807) is 19.9 Å². The molecule has 1 aromatic rings. The first-order valence-corrected chi connectivity index (χ1v) is 11.4. The Morgan fingerprint density at radius 3 is 2.38 bits per heavy atom. The van der Waals surface area contributed by atoms with E-state index in [1.807, 2.05) is 4.90 Å². The van der Waals surface area contributed by atoms with E-state index in [0.29, 0.717) is 13.0 Å². The second kappa shape index (κ2) is 11.4. The molecule has 1 amide bonds. The summed E-state index contributed by atoms with van der Waals surface area (Å²) in [5.74, 6) is -0.401. The van der Waals surface area contributed by atoms with Crippen molar-refractivity contribution < 1.29 is 32.9 Å². The van der Waals surface area contributed by atoms with E-state index in [1.165, 1.54) is 6.07 Å². The molecule has 0 bridgehead atoms. The van der Waals surface area contributed by atoms with Crippen molar-refractivity contribution in [1.82, 2.24) is 4.90 Å². The summed E-state index contributed by atoms with van der Waals surface area (Å²) < 4.78 is 46.1. The Morgan fingerprint density at radius 1 is 1.24 bits per heavy atom. The lowest BCUT2D eigenvalue weighted by Crippen LogP contribution is -2.51. The van der Waals surface area contributed by atoms with Crippen LogP contribution in [-0.4, -0.2) is 64.1 Å². The van der Waals surface area contributed by atoms with Gasteiger partial charge in [-0.25, -0.2) is 0 Å². The fourth-order valence-corrected chi connectivity index (χ4v) is 5.00. The van der Waals surface area contributed by atoms with E-state index in [0.717, 1.165) is 49.8 Å². The summed E-state index contributed by atoms with van der Waals surface area (Å²) >= 11 is 5.59. The van der Waals surface area contributed by atoms with Crippen LogP contribution in [0.25, 0.3) is 0 Å². The lowest BCUT2D eigenvalue weighted by molar-refractivity contribution is -0.137. The quantitative estimate of drug-likeness (QED) is 0.454. The predicted molar refractivity (Wildman–Crippen MR) is 124 cm³/mol. The van der Waals surface area contributed by atoms with Gasteiger partial charge in [-0.1, -0.05) is 0 Å². The summed E-state index contributed by atoms with van der Waals surface area (Å²) in [6.45, 7) is 4.01. The Labute approximate surface area is 202 Å². The smallest absolute Gasteiger partial charge is 0.400 e. The van der Waals surface area contributed by atoms with Crippen LogP contribution >= 0.6 is 12.2 Å². The third-order valence-electron chi connectivity index (χ3n) is 6.08. The van der Waals surface area contributed by atoms with Gasteiger partial charge in [0.25, 0.3) is 5.91 Å². The van der Waals surface area contributed by atoms with Crippen LogP contribution < -0.4 is 4.90 Å². The standard InChI is InChI=1S/C22H26F3N3O3S.CH4O/c1-21(2)19(30)27(16-5-4-14(13-26)18(12-16)22(23,24)25)20(32)28(21)15-6-8-17(9-7-15)31-11-3-10-29;1-2/h4-5,12,15,17,29H,3,6-11H2,1-2H3;2H,1H3. The number of halogens is 3. The number of nitriles is 1. The SMILES string of the molecule is CC1(C)C(=O)N(c2ccc(C#N)c(C(F)(F)F)c2)C(=S)N1C1CCC(OCCCO)CC1.CO. The van der Waals surface area contributed by atoms with E-state index >= 15 is 0 Å². The minimum absolute atomic E-state index is 0.00271. The molecule has 11 heteroatoms. The van der Waals surface area contributed by atoms with Gasteiger partial charge < -0.3 is 19.8 Å². The van der Waals surface area contributed by atoms with E-state index < -0.39 is 28.7 Å². The Kier molecular flexibility index (Phi) is 9.42. The summed E-state index contributed by atoms with van der Waals surface area (Å²) in [4.78, 5) is 16.2. The van der Waals surface area contributed by atoms with Crippen molar-refractivity contribution in [3.8, 4) is 6.07 Å². The lowest BCUT2D eigenvalue weighted by atomic mass is 9.89. The van der Waals surface area contributed by atoms with Gasteiger partial charge in [0.1, 0.15) is 5.54 Å². The number of aliphatic hydroxyl groups is 2. The first-order chi connectivity index (χ1) is 16.0. The third-order valence-corrected chi connectivity index (χ3v) is 6.46. The van der Waals surface area contributed by atoms with Gasteiger partial charge >= 0.3 is 6.18 Å². The van der Waals surface area contributed by atoms with Crippen LogP contribution in [0.5, 0.6) is 0 Å². The molecule has 2 fully saturated rings. The number of carbonyl (C=O) groups is 1. The van der Waals surface area contributed by atoms with Crippen LogP contribution in [0, 0.1) is 11.3 Å². The molecule has 188 valence electrons. The maximum atomic E-state index is 13.4. The van der Waals surface area contributed by atoms with E-state index in [2.05, 4.69) is 0 Å². The highest BCUT2D eigenvalue weighted by molar-refractivity contribution is 7.80. The topological polar surface area (TPSA) is 97.0 Å². The number of anilines is 1. The maximum absolute atomic E-state index is 13.4. The molecule has 1 heterocycles. The van der Waals surface area contributed by atoms with E-state index in [4.69, 9.17) is 32.4 Å². The number of amides is 1. The van der Waals surface area contributed by atoms with Crippen LogP contribution in [-0.2, 0) is 15.7 Å². The molecule has 0 unspecified atom stereocenters. The van der Waals surface area contributed by atoms with Crippen molar-refractivity contribution >= 4 is 28.9 Å². The molecular weight excluding hydrogens is 471 g/mol. The first-order valence-electron chi connectivity index (χ1n) is 11.0. The van der Waals surface area contributed by atoms with Gasteiger partial charge in [-0.15, -0.1) is 0 Å². The Balaban J connectivity index is 0.00000199. The second-order valence-corrected chi connectivity index (χ2v) is 8.94. The van der Waals surface area contributed by atoms with Gasteiger partial charge in [-0.2, -0.15) is 18.4 Å². The molecule has 34 heavy (non-hydrogen) atoms. The molecule has 1 saturated carbocycles. The highest BCUT2D eigenvalue weighted by Gasteiger charge is 2.52. The van der Waals surface area contributed by atoms with Crippen molar-refractivity contribution in [3.05, 3.63) is 29.3 Å². The van der Waals surface area contributed by atoms with Crippen LogP contribution in [0.2, 0.25) is 0 Å². The van der Waals surface area contributed by atoms with Crippen molar-refractivity contribution in [1.29, 1.82) is 5.26 Å². The molecule has 0 aromatic heterocycles. The van der Waals surface area contributed by atoms with Crippen LogP contribution in [0.4, 0.5) is 18.9 Å². The minimum Gasteiger partial charge on any atom is -0.400 e. The molecule has 2 aliphatic rings. The lowest BCUT2D eigenvalue weighted by Gasteiger charge is -2.40. The van der Waals surface area contributed by atoms with Gasteiger partial charge in [-0.05, 0) is 76.4 Å². The highest BCUT2D eigenvalue weighted by Crippen LogP contribution is 2.40. The summed E-state index contributed by atoms with van der Waals surface area (Å²) in [5, 5.41) is 25.1. The fraction of sp³-hybridized carbons (Fsp3) is 0.609. The Morgan fingerprint density at radius 2 is 1.85 bits per heavy atom. The monoisotopic (exact) mass is 501 g/mol. The number of ether oxygens (including phenoxy) is 1. The predicted octanol–water partition coefficient (Wildman–Crippen LogP) is 3.61. The molecule has 3 rings (SSSR count). The number of thiocarbonyl (C=S) groups is 1. The number of carbonyl (C=O) groups excluding carboxylic acids is 1. The number of aliphatic hydroxyl groups excluding tert-OH is 2. The van der Waals surface area contributed by atoms with Crippen LogP contribution in [0.3, 0.4) is 0 Å².